The molecule has 2 atom stereocenters. The standard InChI is InChI=1S/C23H26N4O5S/c1-13(28)26-16-10-8-7-9-14(16)20-22(29)25(2)23(33-6)24-27(20)21(26)15-11-18(31-4)19(32-5)12-17(15)30-3/h7-12,20-21H,1-6H3/t20-,21-/m0/s1. The van der Waals surface area contributed by atoms with Gasteiger partial charge in [0, 0.05) is 31.2 Å². The molecule has 2 aliphatic rings. The Morgan fingerprint density at radius 3 is 2.24 bits per heavy atom. The van der Waals surface area contributed by atoms with Gasteiger partial charge in [-0.2, -0.15) is 0 Å². The normalized spacial score (nSPS) is 19.5. The van der Waals surface area contributed by atoms with Crippen molar-refractivity contribution in [2.45, 2.75) is 19.1 Å². The lowest BCUT2D eigenvalue weighted by Crippen LogP contribution is -2.55. The molecule has 0 N–H and O–H groups in total. The van der Waals surface area contributed by atoms with Gasteiger partial charge in [-0.05, 0) is 18.4 Å². The Kier molecular flexibility index (Phi) is 6.11. The Labute approximate surface area is 196 Å². The Bertz CT molecular complexity index is 1140. The van der Waals surface area contributed by atoms with Gasteiger partial charge in [0.05, 0.1) is 27.0 Å². The van der Waals surface area contributed by atoms with Gasteiger partial charge in [0.1, 0.15) is 5.75 Å². The number of carbonyl (C=O) groups excluding carboxylic acids is 2. The Hall–Kier alpha value is -3.40. The summed E-state index contributed by atoms with van der Waals surface area (Å²) in [5, 5.41) is 7.03. The van der Waals surface area contributed by atoms with Crippen LogP contribution in [-0.4, -0.2) is 61.5 Å². The van der Waals surface area contributed by atoms with E-state index in [1.165, 1.54) is 18.7 Å². The number of nitrogens with zero attached hydrogens (tertiary/aromatic N) is 4. The topological polar surface area (TPSA) is 83.9 Å². The lowest BCUT2D eigenvalue weighted by atomic mass is 9.94. The number of benzene rings is 2. The van der Waals surface area contributed by atoms with Gasteiger partial charge in [0.2, 0.25) is 5.91 Å². The number of amides is 2. The van der Waals surface area contributed by atoms with Gasteiger partial charge < -0.3 is 14.2 Å². The number of amidine groups is 1. The highest BCUT2D eigenvalue weighted by Crippen LogP contribution is 2.50. The van der Waals surface area contributed by atoms with Gasteiger partial charge in [0.25, 0.3) is 5.91 Å². The number of likely N-dealkylation sites (N-methyl/N-ethyl adjacent to an activating group) is 1. The number of anilines is 1. The molecular weight excluding hydrogens is 444 g/mol. The van der Waals surface area contributed by atoms with Gasteiger partial charge in [-0.1, -0.05) is 30.0 Å². The third-order valence-electron chi connectivity index (χ3n) is 5.84. The molecule has 0 unspecified atom stereocenters. The van der Waals surface area contributed by atoms with Gasteiger partial charge in [-0.3, -0.25) is 24.4 Å². The molecule has 0 saturated carbocycles. The van der Waals surface area contributed by atoms with Crippen molar-refractivity contribution in [1.82, 2.24) is 9.91 Å². The Morgan fingerprint density at radius 1 is 1.00 bits per heavy atom. The van der Waals surface area contributed by atoms with Crippen molar-refractivity contribution in [1.29, 1.82) is 0 Å². The molecule has 174 valence electrons. The van der Waals surface area contributed by atoms with E-state index in [4.69, 9.17) is 19.3 Å². The van der Waals surface area contributed by atoms with Gasteiger partial charge >= 0.3 is 0 Å². The molecule has 2 aromatic carbocycles. The molecule has 0 spiro atoms. The molecule has 2 aliphatic heterocycles. The maximum Gasteiger partial charge on any atom is 0.257 e. The quantitative estimate of drug-likeness (QED) is 0.678. The average molecular weight is 471 g/mol. The summed E-state index contributed by atoms with van der Waals surface area (Å²) in [7, 11) is 6.34. The summed E-state index contributed by atoms with van der Waals surface area (Å²) in [6.45, 7) is 1.49. The van der Waals surface area contributed by atoms with E-state index in [0.717, 1.165) is 0 Å². The minimum Gasteiger partial charge on any atom is -0.496 e. The van der Waals surface area contributed by atoms with E-state index in [1.54, 1.807) is 55.3 Å². The molecule has 0 bridgehead atoms. The zero-order valence-electron chi connectivity index (χ0n) is 19.4. The first-order valence-corrected chi connectivity index (χ1v) is 11.5. The first-order chi connectivity index (χ1) is 15.9. The summed E-state index contributed by atoms with van der Waals surface area (Å²) in [5.41, 5.74) is 1.98. The van der Waals surface area contributed by atoms with Crippen molar-refractivity contribution >= 4 is 34.4 Å². The maximum atomic E-state index is 13.5. The summed E-state index contributed by atoms with van der Waals surface area (Å²) in [6, 6.07) is 10.2. The molecule has 0 aromatic heterocycles. The minimum absolute atomic E-state index is 0.130. The van der Waals surface area contributed by atoms with Crippen LogP contribution in [0.4, 0.5) is 5.69 Å². The predicted octanol–water partition coefficient (Wildman–Crippen LogP) is 3.23. The first kappa shape index (κ1) is 22.8. The summed E-state index contributed by atoms with van der Waals surface area (Å²) < 4.78 is 16.7. The van der Waals surface area contributed by atoms with Crippen LogP contribution < -0.4 is 19.1 Å². The molecule has 0 saturated heterocycles. The van der Waals surface area contributed by atoms with Gasteiger partial charge in [-0.25, -0.2) is 0 Å². The van der Waals surface area contributed by atoms with E-state index in [-0.39, 0.29) is 11.8 Å². The number of fused-ring (bicyclic) bond motifs is 3. The van der Waals surface area contributed by atoms with Crippen molar-refractivity contribution in [3.63, 3.8) is 0 Å². The molecule has 33 heavy (non-hydrogen) atoms. The van der Waals surface area contributed by atoms with Crippen molar-refractivity contribution in [2.24, 2.45) is 5.10 Å². The maximum absolute atomic E-state index is 13.5. The van der Waals surface area contributed by atoms with E-state index in [1.807, 2.05) is 30.5 Å². The smallest absolute Gasteiger partial charge is 0.257 e. The van der Waals surface area contributed by atoms with Crippen molar-refractivity contribution in [3.05, 3.63) is 47.5 Å². The average Bonchev–Trinajstić information content (AvgIpc) is 2.83. The second-order valence-corrected chi connectivity index (χ2v) is 8.31. The van der Waals surface area contributed by atoms with Crippen LogP contribution in [0.3, 0.4) is 0 Å². The van der Waals surface area contributed by atoms with Crippen molar-refractivity contribution in [3.8, 4) is 17.2 Å². The number of carbonyl (C=O) groups is 2. The van der Waals surface area contributed by atoms with Gasteiger partial charge in [-0.15, -0.1) is 5.10 Å². The molecule has 10 heteroatoms. The number of hydrogen-bond acceptors (Lipinski definition) is 8. The zero-order valence-corrected chi connectivity index (χ0v) is 20.2. The number of para-hydroxylation sites is 1. The number of thioether (sulfide) groups is 1. The number of hydrazone groups is 1. The summed E-state index contributed by atoms with van der Waals surface area (Å²) in [6.07, 6.45) is 1.10. The highest BCUT2D eigenvalue weighted by molar-refractivity contribution is 8.13. The monoisotopic (exact) mass is 470 g/mol. The van der Waals surface area contributed by atoms with Crippen molar-refractivity contribution in [2.75, 3.05) is 39.5 Å². The van der Waals surface area contributed by atoms with Crippen LogP contribution >= 0.6 is 11.8 Å². The number of rotatable bonds is 4. The van der Waals surface area contributed by atoms with Crippen LogP contribution in [0.15, 0.2) is 41.5 Å². The predicted molar refractivity (Wildman–Crippen MR) is 127 cm³/mol. The fraction of sp³-hybridized carbons (Fsp3) is 0.348. The van der Waals surface area contributed by atoms with Crippen LogP contribution in [0.5, 0.6) is 17.2 Å². The third-order valence-corrected chi connectivity index (χ3v) is 6.56. The fourth-order valence-electron chi connectivity index (χ4n) is 4.33. The summed E-state index contributed by atoms with van der Waals surface area (Å²) in [5.74, 6) is 1.11. The Balaban J connectivity index is 2.05. The van der Waals surface area contributed by atoms with E-state index in [9.17, 15) is 9.59 Å². The van der Waals surface area contributed by atoms with Crippen LogP contribution in [0.25, 0.3) is 0 Å². The highest BCUT2D eigenvalue weighted by Gasteiger charge is 2.49. The molecule has 0 fully saturated rings. The molecule has 0 aliphatic carbocycles. The van der Waals surface area contributed by atoms with Gasteiger partial charge in [0.15, 0.2) is 28.9 Å². The van der Waals surface area contributed by atoms with E-state index < -0.39 is 12.2 Å². The molecule has 4 rings (SSSR count). The SMILES string of the molecule is COc1cc(OC)c([C@H]2N(C(C)=O)c3ccccc3[C@H]3C(=O)N(C)C(SC)=NN32)cc1OC. The lowest BCUT2D eigenvalue weighted by Gasteiger charge is -2.49. The summed E-state index contributed by atoms with van der Waals surface area (Å²) in [4.78, 5) is 29.8. The van der Waals surface area contributed by atoms with E-state index in [0.29, 0.717) is 39.2 Å². The van der Waals surface area contributed by atoms with Crippen LogP contribution in [-0.2, 0) is 9.59 Å². The third kappa shape index (κ3) is 3.54. The molecular formula is C23H26N4O5S. The lowest BCUT2D eigenvalue weighted by molar-refractivity contribution is -0.136. The minimum atomic E-state index is -0.753. The fourth-order valence-corrected chi connectivity index (χ4v) is 4.87. The number of methoxy groups -OCH3 is 3. The molecule has 9 nitrogen and oxygen atoms in total. The largest absolute Gasteiger partial charge is 0.496 e. The highest BCUT2D eigenvalue weighted by atomic mass is 32.2. The molecule has 2 amide bonds. The molecule has 2 heterocycles. The second-order valence-electron chi connectivity index (χ2n) is 7.54. The Morgan fingerprint density at radius 2 is 1.64 bits per heavy atom. The number of hydrogen-bond donors (Lipinski definition) is 0. The van der Waals surface area contributed by atoms with E-state index in [2.05, 4.69) is 0 Å². The van der Waals surface area contributed by atoms with Crippen LogP contribution in [0.1, 0.15) is 30.3 Å². The molecule has 2 aromatic rings. The number of ether oxygens (including phenoxy) is 3. The zero-order chi connectivity index (χ0) is 23.9. The van der Waals surface area contributed by atoms with Crippen LogP contribution in [0, 0.1) is 0 Å². The molecule has 0 radical (unpaired) electrons. The first-order valence-electron chi connectivity index (χ1n) is 10.2. The van der Waals surface area contributed by atoms with Crippen LogP contribution in [0.2, 0.25) is 0 Å². The second kappa shape index (κ2) is 8.86. The summed E-state index contributed by atoms with van der Waals surface area (Å²) >= 11 is 1.36. The van der Waals surface area contributed by atoms with E-state index >= 15 is 0 Å². The van der Waals surface area contributed by atoms with Crippen molar-refractivity contribution < 1.29 is 23.8 Å².